The highest BCUT2D eigenvalue weighted by atomic mass is 16.5. The molecule has 1 aliphatic rings. The monoisotopic (exact) mass is 236 g/mol. The Morgan fingerprint density at radius 1 is 1.41 bits per heavy atom. The van der Waals surface area contributed by atoms with Crippen LogP contribution in [0.2, 0.25) is 0 Å². The third kappa shape index (κ3) is 2.22. The van der Waals surface area contributed by atoms with Crippen LogP contribution in [0, 0.1) is 13.8 Å². The molecule has 0 aromatic carbocycles. The molecular weight excluding hydrogens is 216 g/mol. The molecule has 1 aliphatic heterocycles. The fourth-order valence-corrected chi connectivity index (χ4v) is 2.43. The van der Waals surface area contributed by atoms with Crippen LogP contribution >= 0.6 is 0 Å². The first-order valence-corrected chi connectivity index (χ1v) is 6.22. The van der Waals surface area contributed by atoms with Gasteiger partial charge in [0, 0.05) is 18.2 Å². The Morgan fingerprint density at radius 2 is 2.18 bits per heavy atom. The van der Waals surface area contributed by atoms with E-state index in [2.05, 4.69) is 17.2 Å². The Bertz CT molecular complexity index is 417. The third-order valence-corrected chi connectivity index (χ3v) is 3.55. The van der Waals surface area contributed by atoms with Gasteiger partial charge in [0.2, 0.25) is 0 Å². The fraction of sp³-hybridized carbons (Fsp3) is 0.615. The normalized spacial score (nSPS) is 19.6. The molecule has 0 amide bonds. The molecule has 0 saturated carbocycles. The van der Waals surface area contributed by atoms with Crippen molar-refractivity contribution in [1.29, 1.82) is 0 Å². The zero-order valence-electron chi connectivity index (χ0n) is 10.7. The van der Waals surface area contributed by atoms with Crippen LogP contribution in [0.25, 0.3) is 0 Å². The SMILES string of the molecule is CCOC(=O)c1[nH]c(C2CCNC2)c(C)c1C. The summed E-state index contributed by atoms with van der Waals surface area (Å²) in [5.41, 5.74) is 4.02. The molecule has 0 aliphatic carbocycles. The van der Waals surface area contributed by atoms with Crippen LogP contribution in [0.5, 0.6) is 0 Å². The van der Waals surface area contributed by atoms with Gasteiger partial charge in [0.25, 0.3) is 0 Å². The zero-order valence-corrected chi connectivity index (χ0v) is 10.7. The molecule has 1 aromatic heterocycles. The number of ether oxygens (including phenoxy) is 1. The minimum Gasteiger partial charge on any atom is -0.461 e. The largest absolute Gasteiger partial charge is 0.461 e. The van der Waals surface area contributed by atoms with E-state index in [1.807, 2.05) is 13.8 Å². The lowest BCUT2D eigenvalue weighted by atomic mass is 10.00. The molecule has 0 bridgehead atoms. The van der Waals surface area contributed by atoms with Gasteiger partial charge in [0.1, 0.15) is 5.69 Å². The topological polar surface area (TPSA) is 54.1 Å². The molecule has 1 saturated heterocycles. The van der Waals surface area contributed by atoms with Gasteiger partial charge in [-0.05, 0) is 44.9 Å². The van der Waals surface area contributed by atoms with E-state index in [0.717, 1.165) is 25.1 Å². The number of rotatable bonds is 3. The molecule has 1 atom stereocenters. The van der Waals surface area contributed by atoms with Gasteiger partial charge < -0.3 is 15.0 Å². The van der Waals surface area contributed by atoms with Crippen LogP contribution in [0.1, 0.15) is 46.6 Å². The Kier molecular flexibility index (Phi) is 3.52. The first-order valence-electron chi connectivity index (χ1n) is 6.22. The van der Waals surface area contributed by atoms with E-state index in [4.69, 9.17) is 4.74 Å². The van der Waals surface area contributed by atoms with Gasteiger partial charge in [-0.15, -0.1) is 0 Å². The number of hydrogen-bond acceptors (Lipinski definition) is 3. The molecule has 2 N–H and O–H groups in total. The molecule has 4 nitrogen and oxygen atoms in total. The number of aromatic amines is 1. The van der Waals surface area contributed by atoms with Gasteiger partial charge in [0.15, 0.2) is 0 Å². The van der Waals surface area contributed by atoms with Crippen molar-refractivity contribution < 1.29 is 9.53 Å². The molecule has 17 heavy (non-hydrogen) atoms. The standard InChI is InChI=1S/C13H20N2O2/c1-4-17-13(16)12-9(3)8(2)11(15-12)10-5-6-14-7-10/h10,14-15H,4-7H2,1-3H3. The van der Waals surface area contributed by atoms with Crippen LogP contribution in [0.4, 0.5) is 0 Å². The lowest BCUT2D eigenvalue weighted by molar-refractivity contribution is 0.0519. The maximum atomic E-state index is 11.8. The lowest BCUT2D eigenvalue weighted by Crippen LogP contribution is -2.09. The maximum Gasteiger partial charge on any atom is 0.355 e. The molecule has 0 spiro atoms. The predicted octanol–water partition coefficient (Wildman–Crippen LogP) is 1.89. The molecule has 1 fully saturated rings. The zero-order chi connectivity index (χ0) is 12.4. The highest BCUT2D eigenvalue weighted by molar-refractivity contribution is 5.89. The van der Waals surface area contributed by atoms with Gasteiger partial charge in [-0.1, -0.05) is 0 Å². The summed E-state index contributed by atoms with van der Waals surface area (Å²) < 4.78 is 5.05. The van der Waals surface area contributed by atoms with Crippen LogP contribution in [0.15, 0.2) is 0 Å². The third-order valence-electron chi connectivity index (χ3n) is 3.55. The van der Waals surface area contributed by atoms with E-state index in [1.54, 1.807) is 0 Å². The van der Waals surface area contributed by atoms with Crippen molar-refractivity contribution in [3.8, 4) is 0 Å². The van der Waals surface area contributed by atoms with E-state index in [-0.39, 0.29) is 5.97 Å². The summed E-state index contributed by atoms with van der Waals surface area (Å²) in [5.74, 6) is 0.252. The minimum atomic E-state index is -0.245. The number of carbonyl (C=O) groups excluding carboxylic acids is 1. The second kappa shape index (κ2) is 4.92. The van der Waals surface area contributed by atoms with Crippen molar-refractivity contribution in [2.75, 3.05) is 19.7 Å². The van der Waals surface area contributed by atoms with E-state index < -0.39 is 0 Å². The molecule has 2 heterocycles. The van der Waals surface area contributed by atoms with Crippen molar-refractivity contribution in [3.05, 3.63) is 22.5 Å². The summed E-state index contributed by atoms with van der Waals surface area (Å²) in [6.45, 7) is 8.33. The average molecular weight is 236 g/mol. The van der Waals surface area contributed by atoms with Crippen molar-refractivity contribution >= 4 is 5.97 Å². The maximum absolute atomic E-state index is 11.8. The summed E-state index contributed by atoms with van der Waals surface area (Å²) in [6.07, 6.45) is 1.13. The summed E-state index contributed by atoms with van der Waals surface area (Å²) in [6, 6.07) is 0. The molecule has 2 rings (SSSR count). The van der Waals surface area contributed by atoms with Crippen LogP contribution in [-0.2, 0) is 4.74 Å². The molecular formula is C13H20N2O2. The molecule has 0 radical (unpaired) electrons. The van der Waals surface area contributed by atoms with Crippen molar-refractivity contribution in [2.24, 2.45) is 0 Å². The Balaban J connectivity index is 2.29. The fourth-order valence-electron chi connectivity index (χ4n) is 2.43. The number of carbonyl (C=O) groups is 1. The van der Waals surface area contributed by atoms with E-state index >= 15 is 0 Å². The van der Waals surface area contributed by atoms with E-state index in [0.29, 0.717) is 18.2 Å². The molecule has 1 aromatic rings. The van der Waals surface area contributed by atoms with Gasteiger partial charge in [-0.25, -0.2) is 4.79 Å². The van der Waals surface area contributed by atoms with Crippen molar-refractivity contribution in [1.82, 2.24) is 10.3 Å². The molecule has 94 valence electrons. The van der Waals surface area contributed by atoms with Gasteiger partial charge in [-0.3, -0.25) is 0 Å². The summed E-state index contributed by atoms with van der Waals surface area (Å²) in [7, 11) is 0. The molecule has 1 unspecified atom stereocenters. The highest BCUT2D eigenvalue weighted by Crippen LogP contribution is 2.28. The van der Waals surface area contributed by atoms with Crippen LogP contribution < -0.4 is 5.32 Å². The molecule has 4 heteroatoms. The van der Waals surface area contributed by atoms with Gasteiger partial charge in [-0.2, -0.15) is 0 Å². The lowest BCUT2D eigenvalue weighted by Gasteiger charge is -2.07. The quantitative estimate of drug-likeness (QED) is 0.788. The predicted molar refractivity (Wildman–Crippen MR) is 66.5 cm³/mol. The second-order valence-corrected chi connectivity index (χ2v) is 4.57. The van der Waals surface area contributed by atoms with Crippen LogP contribution in [0.3, 0.4) is 0 Å². The summed E-state index contributed by atoms with van der Waals surface area (Å²) >= 11 is 0. The second-order valence-electron chi connectivity index (χ2n) is 4.57. The Hall–Kier alpha value is -1.29. The Labute approximate surface area is 102 Å². The Morgan fingerprint density at radius 3 is 2.76 bits per heavy atom. The van der Waals surface area contributed by atoms with E-state index in [9.17, 15) is 4.79 Å². The number of esters is 1. The van der Waals surface area contributed by atoms with Gasteiger partial charge >= 0.3 is 5.97 Å². The van der Waals surface area contributed by atoms with Gasteiger partial charge in [0.05, 0.1) is 6.61 Å². The minimum absolute atomic E-state index is 0.245. The average Bonchev–Trinajstić information content (AvgIpc) is 2.90. The highest BCUT2D eigenvalue weighted by Gasteiger charge is 2.24. The summed E-state index contributed by atoms with van der Waals surface area (Å²) in [5, 5.41) is 3.34. The van der Waals surface area contributed by atoms with Crippen LogP contribution in [-0.4, -0.2) is 30.6 Å². The smallest absolute Gasteiger partial charge is 0.355 e. The number of nitrogens with one attached hydrogen (secondary N) is 2. The number of H-pyrrole nitrogens is 1. The number of aromatic nitrogens is 1. The first-order chi connectivity index (χ1) is 8.15. The van der Waals surface area contributed by atoms with E-state index in [1.165, 1.54) is 11.3 Å². The summed E-state index contributed by atoms with van der Waals surface area (Å²) in [4.78, 5) is 15.0. The number of hydrogen-bond donors (Lipinski definition) is 2. The first kappa shape index (κ1) is 12.2. The van der Waals surface area contributed by atoms with Crippen molar-refractivity contribution in [3.63, 3.8) is 0 Å². The van der Waals surface area contributed by atoms with Crippen molar-refractivity contribution in [2.45, 2.75) is 33.1 Å².